The number of ether oxygens (including phenoxy) is 1. The highest BCUT2D eigenvalue weighted by atomic mass is 35.5. The van der Waals surface area contributed by atoms with Gasteiger partial charge in [-0.05, 0) is 44.5 Å². The van der Waals surface area contributed by atoms with Gasteiger partial charge in [-0.3, -0.25) is 0 Å². The molecule has 1 rings (SSSR count). The number of carbonyl (C=O) groups is 1. The van der Waals surface area contributed by atoms with Crippen molar-refractivity contribution in [2.24, 2.45) is 0 Å². The molecule has 0 atom stereocenters. The molecule has 4 nitrogen and oxygen atoms in total. The molecule has 5 heteroatoms. The van der Waals surface area contributed by atoms with Crippen molar-refractivity contribution in [2.75, 3.05) is 13.2 Å². The normalized spacial score (nSPS) is 10.3. The number of benzene rings is 1. The van der Waals surface area contributed by atoms with E-state index in [1.807, 2.05) is 26.0 Å². The van der Waals surface area contributed by atoms with Crippen LogP contribution in [0.3, 0.4) is 0 Å². The molecular weight excluding hydrogens is 266 g/mol. The number of hydrogen-bond donors (Lipinski definition) is 2. The summed E-state index contributed by atoms with van der Waals surface area (Å²) in [7, 11) is 0. The van der Waals surface area contributed by atoms with E-state index in [-0.39, 0.29) is 18.5 Å². The van der Waals surface area contributed by atoms with E-state index < -0.39 is 5.97 Å². The summed E-state index contributed by atoms with van der Waals surface area (Å²) in [5, 5.41) is 12.1. The molecule has 0 bridgehead atoms. The summed E-state index contributed by atoms with van der Waals surface area (Å²) in [6, 6.07) is 6.92. The fourth-order valence-electron chi connectivity index (χ4n) is 1.51. The molecule has 0 saturated heterocycles. The van der Waals surface area contributed by atoms with Crippen molar-refractivity contribution >= 4 is 18.4 Å². The van der Waals surface area contributed by atoms with Crippen LogP contribution in [-0.2, 0) is 11.3 Å². The Morgan fingerprint density at radius 2 is 1.95 bits per heavy atom. The van der Waals surface area contributed by atoms with E-state index in [1.54, 1.807) is 12.1 Å². The fourth-order valence-corrected chi connectivity index (χ4v) is 1.51. The van der Waals surface area contributed by atoms with Crippen LogP contribution in [0.1, 0.15) is 36.2 Å². The molecule has 0 heterocycles. The van der Waals surface area contributed by atoms with Crippen molar-refractivity contribution in [3.63, 3.8) is 0 Å². The van der Waals surface area contributed by atoms with Crippen LogP contribution < -0.4 is 5.32 Å². The van der Waals surface area contributed by atoms with Crippen molar-refractivity contribution in [3.8, 4) is 0 Å². The minimum absolute atomic E-state index is 0. The molecule has 0 spiro atoms. The summed E-state index contributed by atoms with van der Waals surface area (Å²) in [4.78, 5) is 10.7. The van der Waals surface area contributed by atoms with Crippen LogP contribution in [0, 0.1) is 0 Å². The SMILES string of the molecule is CC(C)OCCCNCc1ccc(C(=O)O)cc1.Cl. The third kappa shape index (κ3) is 7.82. The predicted octanol–water partition coefficient (Wildman–Crippen LogP) is 2.71. The maximum atomic E-state index is 10.7. The summed E-state index contributed by atoms with van der Waals surface area (Å²) >= 11 is 0. The Labute approximate surface area is 120 Å². The molecule has 0 aliphatic rings. The van der Waals surface area contributed by atoms with Crippen molar-refractivity contribution < 1.29 is 14.6 Å². The van der Waals surface area contributed by atoms with E-state index in [4.69, 9.17) is 9.84 Å². The lowest BCUT2D eigenvalue weighted by molar-refractivity contribution is 0.0696. The van der Waals surface area contributed by atoms with Gasteiger partial charge >= 0.3 is 5.97 Å². The quantitative estimate of drug-likeness (QED) is 0.722. The molecule has 19 heavy (non-hydrogen) atoms. The Hall–Kier alpha value is -1.10. The van der Waals surface area contributed by atoms with Crippen LogP contribution in [0.15, 0.2) is 24.3 Å². The molecule has 0 unspecified atom stereocenters. The first-order valence-electron chi connectivity index (χ1n) is 6.24. The van der Waals surface area contributed by atoms with E-state index >= 15 is 0 Å². The van der Waals surface area contributed by atoms with E-state index in [0.29, 0.717) is 5.56 Å². The lowest BCUT2D eigenvalue weighted by Crippen LogP contribution is -2.17. The molecule has 0 aliphatic heterocycles. The average Bonchev–Trinajstić information content (AvgIpc) is 2.34. The second-order valence-corrected chi connectivity index (χ2v) is 4.45. The summed E-state index contributed by atoms with van der Waals surface area (Å²) in [6.45, 7) is 6.46. The number of nitrogens with one attached hydrogen (secondary N) is 1. The van der Waals surface area contributed by atoms with Crippen LogP contribution in [0.2, 0.25) is 0 Å². The molecule has 0 aliphatic carbocycles. The van der Waals surface area contributed by atoms with Gasteiger partial charge in [-0.15, -0.1) is 12.4 Å². The Morgan fingerprint density at radius 3 is 2.47 bits per heavy atom. The average molecular weight is 288 g/mol. The molecule has 0 amide bonds. The van der Waals surface area contributed by atoms with Gasteiger partial charge in [0.05, 0.1) is 11.7 Å². The number of hydrogen-bond acceptors (Lipinski definition) is 3. The monoisotopic (exact) mass is 287 g/mol. The molecule has 0 saturated carbocycles. The minimum atomic E-state index is -0.889. The second-order valence-electron chi connectivity index (χ2n) is 4.45. The van der Waals surface area contributed by atoms with Gasteiger partial charge in [0.15, 0.2) is 0 Å². The second kappa shape index (κ2) is 9.78. The zero-order chi connectivity index (χ0) is 13.4. The molecule has 0 fully saturated rings. The number of aromatic carboxylic acids is 1. The summed E-state index contributed by atoms with van der Waals surface area (Å²) in [6.07, 6.45) is 1.26. The van der Waals surface area contributed by atoms with Crippen LogP contribution in [0.5, 0.6) is 0 Å². The Morgan fingerprint density at radius 1 is 1.32 bits per heavy atom. The smallest absolute Gasteiger partial charge is 0.335 e. The number of rotatable bonds is 8. The molecule has 1 aromatic carbocycles. The van der Waals surface area contributed by atoms with Gasteiger partial charge < -0.3 is 15.2 Å². The lowest BCUT2D eigenvalue weighted by Gasteiger charge is -2.08. The van der Waals surface area contributed by atoms with Gasteiger partial charge in [-0.25, -0.2) is 4.79 Å². The molecule has 0 aromatic heterocycles. The number of halogens is 1. The first kappa shape index (κ1) is 17.9. The van der Waals surface area contributed by atoms with Crippen molar-refractivity contribution in [1.82, 2.24) is 5.32 Å². The molecular formula is C14H22ClNO3. The van der Waals surface area contributed by atoms with E-state index in [0.717, 1.165) is 31.7 Å². The topological polar surface area (TPSA) is 58.6 Å². The standard InChI is InChI=1S/C14H21NO3.ClH/c1-11(2)18-9-3-8-15-10-12-4-6-13(7-5-12)14(16)17;/h4-7,11,15H,3,8-10H2,1-2H3,(H,16,17);1H. The number of carboxylic acid groups (broad SMARTS) is 1. The Balaban J connectivity index is 0.00000324. The Bertz CT molecular complexity index is 365. The van der Waals surface area contributed by atoms with Crippen LogP contribution >= 0.6 is 12.4 Å². The first-order valence-corrected chi connectivity index (χ1v) is 6.24. The van der Waals surface area contributed by atoms with Gasteiger partial charge in [-0.1, -0.05) is 12.1 Å². The Kier molecular flexibility index (Phi) is 9.21. The summed E-state index contributed by atoms with van der Waals surface area (Å²) < 4.78 is 5.43. The molecule has 0 radical (unpaired) electrons. The van der Waals surface area contributed by atoms with Crippen LogP contribution in [-0.4, -0.2) is 30.3 Å². The largest absolute Gasteiger partial charge is 0.478 e. The van der Waals surface area contributed by atoms with Crippen molar-refractivity contribution in [3.05, 3.63) is 35.4 Å². The summed E-state index contributed by atoms with van der Waals surface area (Å²) in [5.41, 5.74) is 1.41. The molecule has 1 aromatic rings. The van der Waals surface area contributed by atoms with Gasteiger partial charge in [-0.2, -0.15) is 0 Å². The fraction of sp³-hybridized carbons (Fsp3) is 0.500. The zero-order valence-electron chi connectivity index (χ0n) is 11.4. The minimum Gasteiger partial charge on any atom is -0.478 e. The van der Waals surface area contributed by atoms with Crippen LogP contribution in [0.25, 0.3) is 0 Å². The van der Waals surface area contributed by atoms with E-state index in [2.05, 4.69) is 5.32 Å². The van der Waals surface area contributed by atoms with Crippen molar-refractivity contribution in [1.29, 1.82) is 0 Å². The van der Waals surface area contributed by atoms with Gasteiger partial charge in [0, 0.05) is 13.2 Å². The van der Waals surface area contributed by atoms with Gasteiger partial charge in [0.2, 0.25) is 0 Å². The van der Waals surface area contributed by atoms with Crippen LogP contribution in [0.4, 0.5) is 0 Å². The van der Waals surface area contributed by atoms with Gasteiger partial charge in [0.1, 0.15) is 0 Å². The highest BCUT2D eigenvalue weighted by Crippen LogP contribution is 2.04. The first-order chi connectivity index (χ1) is 8.59. The maximum Gasteiger partial charge on any atom is 0.335 e. The predicted molar refractivity (Wildman–Crippen MR) is 78.1 cm³/mol. The lowest BCUT2D eigenvalue weighted by atomic mass is 10.1. The van der Waals surface area contributed by atoms with E-state index in [9.17, 15) is 4.79 Å². The third-order valence-corrected chi connectivity index (χ3v) is 2.48. The van der Waals surface area contributed by atoms with E-state index in [1.165, 1.54) is 0 Å². The maximum absolute atomic E-state index is 10.7. The number of carboxylic acids is 1. The highest BCUT2D eigenvalue weighted by molar-refractivity contribution is 5.87. The molecule has 108 valence electrons. The van der Waals surface area contributed by atoms with Crippen molar-refractivity contribution in [2.45, 2.75) is 32.9 Å². The zero-order valence-corrected chi connectivity index (χ0v) is 12.2. The summed E-state index contributed by atoms with van der Waals surface area (Å²) in [5.74, 6) is -0.889. The molecule has 2 N–H and O–H groups in total. The van der Waals surface area contributed by atoms with Gasteiger partial charge in [0.25, 0.3) is 0 Å². The third-order valence-electron chi connectivity index (χ3n) is 2.48. The highest BCUT2D eigenvalue weighted by Gasteiger charge is 2.01.